The van der Waals surface area contributed by atoms with Crippen molar-refractivity contribution < 1.29 is 9.21 Å². The first kappa shape index (κ1) is 14.1. The molecule has 1 N–H and O–H groups in total. The normalized spacial score (nSPS) is 24.0. The molecule has 4 heteroatoms. The third kappa shape index (κ3) is 2.68. The number of hydrogen-bond donors (Lipinski definition) is 1. The van der Waals surface area contributed by atoms with Crippen molar-refractivity contribution in [2.75, 3.05) is 20.1 Å². The molecule has 3 rings (SSSR count). The number of rotatable bonds is 3. The van der Waals surface area contributed by atoms with E-state index >= 15 is 0 Å². The summed E-state index contributed by atoms with van der Waals surface area (Å²) in [4.78, 5) is 14.7. The predicted molar refractivity (Wildman–Crippen MR) is 81.8 cm³/mol. The molecule has 0 spiro atoms. The van der Waals surface area contributed by atoms with Crippen LogP contribution in [0, 0.1) is 5.41 Å². The molecular weight excluding hydrogens is 264 g/mol. The molecule has 0 radical (unpaired) electrons. The molecule has 4 nitrogen and oxygen atoms in total. The lowest BCUT2D eigenvalue weighted by Gasteiger charge is -2.24. The quantitative estimate of drug-likeness (QED) is 0.928. The van der Waals surface area contributed by atoms with Gasteiger partial charge in [0.2, 0.25) is 5.91 Å². The van der Waals surface area contributed by atoms with Crippen LogP contribution in [0.3, 0.4) is 0 Å². The summed E-state index contributed by atoms with van der Waals surface area (Å²) in [7, 11) is 1.80. The highest BCUT2D eigenvalue weighted by Crippen LogP contribution is 2.30. The number of carbonyl (C=O) groups is 1. The number of allylic oxidation sites excluding steroid dienone is 2. The summed E-state index contributed by atoms with van der Waals surface area (Å²) in [6, 6.07) is 1.59. The summed E-state index contributed by atoms with van der Waals surface area (Å²) in [5.74, 6) is 0.853. The lowest BCUT2D eigenvalue weighted by atomic mass is 9.96. The van der Waals surface area contributed by atoms with E-state index in [0.717, 1.165) is 24.3 Å². The van der Waals surface area contributed by atoms with Gasteiger partial charge in [-0.3, -0.25) is 4.79 Å². The summed E-state index contributed by atoms with van der Waals surface area (Å²) < 4.78 is 5.52. The van der Waals surface area contributed by atoms with Gasteiger partial charge in [-0.1, -0.05) is 32.1 Å². The van der Waals surface area contributed by atoms with Crippen LogP contribution in [-0.4, -0.2) is 30.9 Å². The Morgan fingerprint density at radius 3 is 2.95 bits per heavy atom. The minimum atomic E-state index is -0.378. The van der Waals surface area contributed by atoms with Crippen molar-refractivity contribution in [3.63, 3.8) is 0 Å². The molecule has 0 aromatic carbocycles. The largest absolute Gasteiger partial charge is 0.467 e. The van der Waals surface area contributed by atoms with Crippen molar-refractivity contribution >= 4 is 5.91 Å². The Balaban J connectivity index is 1.81. The average Bonchev–Trinajstić information content (AvgIpc) is 2.99. The molecule has 1 aromatic heterocycles. The average molecular weight is 286 g/mol. The van der Waals surface area contributed by atoms with Gasteiger partial charge < -0.3 is 14.6 Å². The second kappa shape index (κ2) is 5.19. The molecule has 1 atom stereocenters. The van der Waals surface area contributed by atoms with Crippen LogP contribution in [0.15, 0.2) is 40.5 Å². The van der Waals surface area contributed by atoms with Gasteiger partial charge in [-0.2, -0.15) is 0 Å². The second-order valence-electron chi connectivity index (χ2n) is 6.42. The molecule has 21 heavy (non-hydrogen) atoms. The summed E-state index contributed by atoms with van der Waals surface area (Å²) >= 11 is 0. The maximum absolute atomic E-state index is 12.7. The van der Waals surface area contributed by atoms with Gasteiger partial charge in [0, 0.05) is 18.5 Å². The van der Waals surface area contributed by atoms with Gasteiger partial charge in [-0.15, -0.1) is 0 Å². The monoisotopic (exact) mass is 286 g/mol. The number of amides is 1. The third-order valence-corrected chi connectivity index (χ3v) is 4.20. The smallest absolute Gasteiger partial charge is 0.247 e. The SMILES string of the molecule is CNC1C(=O)N(CC2=CC(C)(C)C=C2)CCc2ccoc21. The molecule has 1 aromatic rings. The molecule has 1 unspecified atom stereocenters. The zero-order valence-corrected chi connectivity index (χ0v) is 12.8. The first-order chi connectivity index (χ1) is 10.00. The van der Waals surface area contributed by atoms with E-state index in [0.29, 0.717) is 6.54 Å². The van der Waals surface area contributed by atoms with Crippen molar-refractivity contribution in [3.05, 3.63) is 47.5 Å². The summed E-state index contributed by atoms with van der Waals surface area (Å²) in [6.45, 7) is 5.74. The molecule has 2 aliphatic rings. The highest BCUT2D eigenvalue weighted by Gasteiger charge is 2.32. The molecule has 0 saturated carbocycles. The number of nitrogens with one attached hydrogen (secondary N) is 1. The van der Waals surface area contributed by atoms with E-state index < -0.39 is 0 Å². The number of furan rings is 1. The van der Waals surface area contributed by atoms with Gasteiger partial charge in [-0.05, 0) is 30.7 Å². The lowest BCUT2D eigenvalue weighted by Crippen LogP contribution is -2.39. The number of nitrogens with zero attached hydrogens (tertiary/aromatic N) is 1. The second-order valence-corrected chi connectivity index (χ2v) is 6.42. The van der Waals surface area contributed by atoms with E-state index in [1.165, 1.54) is 5.57 Å². The third-order valence-electron chi connectivity index (χ3n) is 4.20. The molecule has 112 valence electrons. The number of carbonyl (C=O) groups excluding carboxylic acids is 1. The standard InChI is InChI=1S/C17H22N2O2/c1-17(2)7-4-12(10-17)11-19-8-5-13-6-9-21-15(13)14(18-3)16(19)20/h4,6-7,9-10,14,18H,5,8,11H2,1-3H3. The van der Waals surface area contributed by atoms with Gasteiger partial charge in [0.15, 0.2) is 0 Å². The van der Waals surface area contributed by atoms with Crippen molar-refractivity contribution in [3.8, 4) is 0 Å². The molecule has 1 aliphatic carbocycles. The Morgan fingerprint density at radius 2 is 2.29 bits per heavy atom. The summed E-state index contributed by atoms with van der Waals surface area (Å²) in [5, 5.41) is 3.08. The van der Waals surface area contributed by atoms with Crippen LogP contribution in [0.25, 0.3) is 0 Å². The maximum atomic E-state index is 12.7. The van der Waals surface area contributed by atoms with E-state index in [1.807, 2.05) is 11.0 Å². The van der Waals surface area contributed by atoms with Gasteiger partial charge in [0.25, 0.3) is 0 Å². The van der Waals surface area contributed by atoms with Crippen LogP contribution < -0.4 is 5.32 Å². The van der Waals surface area contributed by atoms with Crippen molar-refractivity contribution in [2.24, 2.45) is 5.41 Å². The van der Waals surface area contributed by atoms with Crippen molar-refractivity contribution in [1.29, 1.82) is 0 Å². The Bertz CT molecular complexity index is 610. The maximum Gasteiger partial charge on any atom is 0.247 e. The molecule has 0 bridgehead atoms. The summed E-state index contributed by atoms with van der Waals surface area (Å²) in [5.41, 5.74) is 2.43. The van der Waals surface area contributed by atoms with Gasteiger partial charge in [0.05, 0.1) is 6.26 Å². The Kier molecular flexibility index (Phi) is 3.49. The highest BCUT2D eigenvalue weighted by molar-refractivity contribution is 5.84. The van der Waals surface area contributed by atoms with Crippen molar-refractivity contribution in [2.45, 2.75) is 26.3 Å². The lowest BCUT2D eigenvalue weighted by molar-refractivity contribution is -0.133. The van der Waals surface area contributed by atoms with E-state index in [2.05, 4.69) is 37.4 Å². The van der Waals surface area contributed by atoms with Crippen LogP contribution in [0.5, 0.6) is 0 Å². The molecule has 0 saturated heterocycles. The first-order valence-electron chi connectivity index (χ1n) is 7.43. The fourth-order valence-corrected chi connectivity index (χ4v) is 3.09. The van der Waals surface area contributed by atoms with E-state index in [9.17, 15) is 4.79 Å². The minimum absolute atomic E-state index is 0.0882. The Labute approximate surface area is 125 Å². The van der Waals surface area contributed by atoms with Crippen LogP contribution in [0.2, 0.25) is 0 Å². The van der Waals surface area contributed by atoms with Gasteiger partial charge in [-0.25, -0.2) is 0 Å². The van der Waals surface area contributed by atoms with Crippen LogP contribution in [0.4, 0.5) is 0 Å². The fraction of sp³-hybridized carbons (Fsp3) is 0.471. The number of fused-ring (bicyclic) bond motifs is 1. The highest BCUT2D eigenvalue weighted by atomic mass is 16.3. The van der Waals surface area contributed by atoms with Gasteiger partial charge in [0.1, 0.15) is 11.8 Å². The van der Waals surface area contributed by atoms with Crippen LogP contribution in [-0.2, 0) is 11.2 Å². The molecule has 2 heterocycles. The molecule has 0 fully saturated rings. The zero-order chi connectivity index (χ0) is 15.0. The van der Waals surface area contributed by atoms with E-state index in [-0.39, 0.29) is 17.4 Å². The Morgan fingerprint density at radius 1 is 1.48 bits per heavy atom. The Hall–Kier alpha value is -1.81. The number of likely N-dealkylation sites (N-methyl/N-ethyl adjacent to an activating group) is 1. The van der Waals surface area contributed by atoms with Gasteiger partial charge >= 0.3 is 0 Å². The zero-order valence-electron chi connectivity index (χ0n) is 12.8. The summed E-state index contributed by atoms with van der Waals surface area (Å²) in [6.07, 6.45) is 9.06. The predicted octanol–water partition coefficient (Wildman–Crippen LogP) is 2.45. The van der Waals surface area contributed by atoms with Crippen LogP contribution >= 0.6 is 0 Å². The van der Waals surface area contributed by atoms with E-state index in [4.69, 9.17) is 4.42 Å². The molecule has 1 aliphatic heterocycles. The minimum Gasteiger partial charge on any atom is -0.467 e. The topological polar surface area (TPSA) is 45.5 Å². The first-order valence-corrected chi connectivity index (χ1v) is 7.43. The number of hydrogen-bond acceptors (Lipinski definition) is 3. The molecule has 1 amide bonds. The molecular formula is C17H22N2O2. The fourth-order valence-electron chi connectivity index (χ4n) is 3.09. The van der Waals surface area contributed by atoms with Crippen LogP contribution in [0.1, 0.15) is 31.2 Å². The van der Waals surface area contributed by atoms with E-state index in [1.54, 1.807) is 13.3 Å². The van der Waals surface area contributed by atoms with Crippen molar-refractivity contribution in [1.82, 2.24) is 10.2 Å².